The van der Waals surface area contributed by atoms with Gasteiger partial charge in [0.25, 0.3) is 5.91 Å². The van der Waals surface area contributed by atoms with E-state index in [-0.39, 0.29) is 16.1 Å². The predicted octanol–water partition coefficient (Wildman–Crippen LogP) is 3.77. The Morgan fingerprint density at radius 2 is 1.53 bits per heavy atom. The first-order chi connectivity index (χ1) is 15.2. The Hall–Kier alpha value is -3.62. The molecule has 3 N–H and O–H groups in total. The summed E-state index contributed by atoms with van der Waals surface area (Å²) in [5, 5.41) is 11.2. The fourth-order valence-electron chi connectivity index (χ4n) is 3.58. The van der Waals surface area contributed by atoms with Crippen molar-refractivity contribution in [3.63, 3.8) is 0 Å². The molecule has 0 radical (unpaired) electrons. The van der Waals surface area contributed by atoms with Crippen molar-refractivity contribution in [2.24, 2.45) is 5.73 Å². The van der Waals surface area contributed by atoms with Crippen LogP contribution in [0.15, 0.2) is 94.4 Å². The normalized spacial score (nSPS) is 16.5. The quantitative estimate of drug-likeness (QED) is 0.591. The van der Waals surface area contributed by atoms with Crippen LogP contribution in [0.5, 0.6) is 0 Å². The second-order valence-electron chi connectivity index (χ2n) is 7.07. The van der Waals surface area contributed by atoms with Crippen LogP contribution < -0.4 is 10.6 Å². The third kappa shape index (κ3) is 3.63. The molecular weight excluding hydrogens is 452 g/mol. The molecule has 1 aliphatic rings. The van der Waals surface area contributed by atoms with Crippen molar-refractivity contribution in [3.8, 4) is 0 Å². The van der Waals surface area contributed by atoms with Crippen LogP contribution in [0, 0.1) is 0 Å². The number of aliphatic hydroxyl groups excluding tert-OH is 1. The minimum Gasteiger partial charge on any atom is -0.502 e. The molecule has 0 saturated heterocycles. The van der Waals surface area contributed by atoms with E-state index < -0.39 is 38.4 Å². The summed E-state index contributed by atoms with van der Waals surface area (Å²) in [5.74, 6) is -2.40. The third-order valence-electron chi connectivity index (χ3n) is 5.12. The number of amides is 2. The second-order valence-corrected chi connectivity index (χ2v) is 9.42. The molecule has 0 bridgehead atoms. The van der Waals surface area contributed by atoms with Gasteiger partial charge in [-0.2, -0.15) is 0 Å². The van der Waals surface area contributed by atoms with Crippen LogP contribution in [0.25, 0.3) is 0 Å². The summed E-state index contributed by atoms with van der Waals surface area (Å²) in [7, 11) is -4.23. The molecule has 3 aromatic rings. The first-order valence-corrected chi connectivity index (χ1v) is 11.3. The van der Waals surface area contributed by atoms with Crippen LogP contribution in [-0.2, 0) is 14.6 Å². The number of rotatable bonds is 5. The summed E-state index contributed by atoms with van der Waals surface area (Å²) in [4.78, 5) is 25.2. The van der Waals surface area contributed by atoms with E-state index in [2.05, 4.69) is 0 Å². The standard InChI is InChI=1S/C23H17ClN2O5S/c24-16-10-6-14(7-11-16)19-21(32(30,31)18-4-2-1-3-5-18)20(27)23(29)26(19)17-12-8-15(9-13-17)22(25)28/h1-13,19,27H,(H2,25,28). The third-order valence-corrected chi connectivity index (χ3v) is 7.26. The summed E-state index contributed by atoms with van der Waals surface area (Å²) in [6.45, 7) is 0. The van der Waals surface area contributed by atoms with Gasteiger partial charge in [-0.05, 0) is 54.1 Å². The summed E-state index contributed by atoms with van der Waals surface area (Å²) in [6, 6.07) is 18.5. The lowest BCUT2D eigenvalue weighted by Gasteiger charge is -2.27. The first kappa shape index (κ1) is 21.6. The molecule has 1 atom stereocenters. The Labute approximate surface area is 189 Å². The minimum atomic E-state index is -4.23. The highest BCUT2D eigenvalue weighted by atomic mass is 35.5. The van der Waals surface area contributed by atoms with Gasteiger partial charge in [-0.25, -0.2) is 8.42 Å². The molecule has 0 saturated carbocycles. The van der Waals surface area contributed by atoms with Gasteiger partial charge in [-0.3, -0.25) is 14.5 Å². The Kier molecular flexibility index (Phi) is 5.50. The Morgan fingerprint density at radius 3 is 2.09 bits per heavy atom. The van der Waals surface area contributed by atoms with E-state index in [4.69, 9.17) is 17.3 Å². The molecule has 162 valence electrons. The van der Waals surface area contributed by atoms with Gasteiger partial charge in [-0.15, -0.1) is 0 Å². The maximum Gasteiger partial charge on any atom is 0.295 e. The van der Waals surface area contributed by atoms with Gasteiger partial charge in [0, 0.05) is 16.3 Å². The van der Waals surface area contributed by atoms with Crippen LogP contribution in [0.4, 0.5) is 5.69 Å². The highest BCUT2D eigenvalue weighted by Gasteiger charge is 2.47. The summed E-state index contributed by atoms with van der Waals surface area (Å²) < 4.78 is 27.0. The molecule has 2 amide bonds. The summed E-state index contributed by atoms with van der Waals surface area (Å²) in [6.07, 6.45) is 0. The molecule has 32 heavy (non-hydrogen) atoms. The number of primary amides is 1. The van der Waals surface area contributed by atoms with Gasteiger partial charge in [-0.1, -0.05) is 41.9 Å². The Balaban J connectivity index is 1.91. The van der Waals surface area contributed by atoms with E-state index in [0.29, 0.717) is 10.6 Å². The largest absolute Gasteiger partial charge is 0.502 e. The maximum absolute atomic E-state index is 13.5. The number of hydrogen-bond donors (Lipinski definition) is 2. The van der Waals surface area contributed by atoms with E-state index in [0.717, 1.165) is 0 Å². The molecule has 9 heteroatoms. The minimum absolute atomic E-state index is 0.0563. The molecular formula is C23H17ClN2O5S. The van der Waals surface area contributed by atoms with Crippen molar-refractivity contribution in [3.05, 3.63) is 106 Å². The smallest absolute Gasteiger partial charge is 0.295 e. The van der Waals surface area contributed by atoms with Crippen LogP contribution >= 0.6 is 11.6 Å². The van der Waals surface area contributed by atoms with E-state index in [9.17, 15) is 23.1 Å². The van der Waals surface area contributed by atoms with Crippen LogP contribution in [-0.4, -0.2) is 25.3 Å². The van der Waals surface area contributed by atoms with Crippen molar-refractivity contribution in [2.45, 2.75) is 10.9 Å². The number of benzene rings is 3. The van der Waals surface area contributed by atoms with E-state index >= 15 is 0 Å². The number of anilines is 1. The fourth-order valence-corrected chi connectivity index (χ4v) is 5.36. The average Bonchev–Trinajstić information content (AvgIpc) is 3.06. The molecule has 1 aliphatic heterocycles. The molecule has 0 aliphatic carbocycles. The fraction of sp³-hybridized carbons (Fsp3) is 0.0435. The predicted molar refractivity (Wildman–Crippen MR) is 120 cm³/mol. The van der Waals surface area contributed by atoms with Gasteiger partial charge in [0.15, 0.2) is 5.76 Å². The number of halogens is 1. The monoisotopic (exact) mass is 468 g/mol. The number of hydrogen-bond acceptors (Lipinski definition) is 5. The average molecular weight is 469 g/mol. The van der Waals surface area contributed by atoms with Gasteiger partial charge in [0.1, 0.15) is 10.9 Å². The molecule has 1 unspecified atom stereocenters. The lowest BCUT2D eigenvalue weighted by atomic mass is 10.1. The lowest BCUT2D eigenvalue weighted by molar-refractivity contribution is -0.117. The zero-order valence-corrected chi connectivity index (χ0v) is 18.0. The summed E-state index contributed by atoms with van der Waals surface area (Å²) >= 11 is 5.99. The highest BCUT2D eigenvalue weighted by Crippen LogP contribution is 2.44. The van der Waals surface area contributed by atoms with Crippen molar-refractivity contribution < 1.29 is 23.1 Å². The topological polar surface area (TPSA) is 118 Å². The van der Waals surface area contributed by atoms with Crippen LogP contribution in [0.1, 0.15) is 22.0 Å². The van der Waals surface area contributed by atoms with E-state index in [1.165, 1.54) is 41.3 Å². The van der Waals surface area contributed by atoms with Crippen molar-refractivity contribution in [2.75, 3.05) is 4.90 Å². The number of aliphatic hydroxyl groups is 1. The molecule has 7 nitrogen and oxygen atoms in total. The number of sulfone groups is 1. The van der Waals surface area contributed by atoms with E-state index in [1.807, 2.05) is 0 Å². The SMILES string of the molecule is NC(=O)c1ccc(N2C(=O)C(O)=C(S(=O)(=O)c3ccccc3)C2c2ccc(Cl)cc2)cc1. The number of nitrogens with zero attached hydrogens (tertiary/aromatic N) is 1. The van der Waals surface area contributed by atoms with Crippen molar-refractivity contribution >= 4 is 38.9 Å². The first-order valence-electron chi connectivity index (χ1n) is 9.44. The lowest BCUT2D eigenvalue weighted by Crippen LogP contribution is -2.31. The van der Waals surface area contributed by atoms with Gasteiger partial charge >= 0.3 is 0 Å². The highest BCUT2D eigenvalue weighted by molar-refractivity contribution is 7.95. The molecule has 4 rings (SSSR count). The van der Waals surface area contributed by atoms with E-state index in [1.54, 1.807) is 42.5 Å². The molecule has 0 spiro atoms. The number of nitrogens with two attached hydrogens (primary N) is 1. The van der Waals surface area contributed by atoms with Crippen molar-refractivity contribution in [1.82, 2.24) is 0 Å². The summed E-state index contributed by atoms with van der Waals surface area (Å²) in [5.41, 5.74) is 6.22. The Bertz CT molecular complexity index is 1340. The van der Waals surface area contributed by atoms with Gasteiger partial charge in [0.2, 0.25) is 15.7 Å². The molecule has 0 fully saturated rings. The Morgan fingerprint density at radius 1 is 0.938 bits per heavy atom. The molecule has 0 aromatic heterocycles. The molecule has 1 heterocycles. The van der Waals surface area contributed by atoms with Crippen molar-refractivity contribution in [1.29, 1.82) is 0 Å². The number of carbonyl (C=O) groups excluding carboxylic acids is 2. The second kappa shape index (κ2) is 8.14. The molecule has 3 aromatic carbocycles. The zero-order chi connectivity index (χ0) is 23.0. The number of carbonyl (C=O) groups is 2. The van der Waals surface area contributed by atoms with Crippen LogP contribution in [0.3, 0.4) is 0 Å². The van der Waals surface area contributed by atoms with Crippen LogP contribution in [0.2, 0.25) is 5.02 Å². The van der Waals surface area contributed by atoms with Gasteiger partial charge < -0.3 is 10.8 Å². The zero-order valence-electron chi connectivity index (χ0n) is 16.5. The van der Waals surface area contributed by atoms with Gasteiger partial charge in [0.05, 0.1) is 4.90 Å². The maximum atomic E-state index is 13.5.